The highest BCUT2D eigenvalue weighted by molar-refractivity contribution is 5.63. The fourth-order valence-corrected chi connectivity index (χ4v) is 2.36. The molecular weight excluding hydrogens is 234 g/mol. The number of nitrogens with two attached hydrogens (primary N) is 1. The largest absolute Gasteiger partial charge is 0.393 e. The van der Waals surface area contributed by atoms with Crippen LogP contribution in [0.5, 0.6) is 0 Å². The van der Waals surface area contributed by atoms with Crippen LogP contribution in [0.3, 0.4) is 0 Å². The normalized spacial score (nSPS) is 14.1. The lowest BCUT2D eigenvalue weighted by Crippen LogP contribution is -2.17. The second-order valence-electron chi connectivity index (χ2n) is 5.01. The molecule has 0 fully saturated rings. The molecule has 2 aromatic rings. The number of hydrogen-bond acceptors (Lipinski definition) is 2. The van der Waals surface area contributed by atoms with Gasteiger partial charge in [-0.25, -0.2) is 0 Å². The molecule has 2 heteroatoms. The lowest BCUT2D eigenvalue weighted by atomic mass is 9.92. The van der Waals surface area contributed by atoms with E-state index < -0.39 is 0 Å². The first-order valence-electron chi connectivity index (χ1n) is 6.74. The molecule has 0 radical (unpaired) electrons. The zero-order chi connectivity index (χ0) is 13.7. The molecule has 0 spiro atoms. The third-order valence-electron chi connectivity index (χ3n) is 3.40. The molecule has 0 aromatic heterocycles. The molecule has 0 saturated heterocycles. The van der Waals surface area contributed by atoms with Gasteiger partial charge in [-0.3, -0.25) is 0 Å². The lowest BCUT2D eigenvalue weighted by molar-refractivity contribution is 0.175. The quantitative estimate of drug-likeness (QED) is 0.862. The summed E-state index contributed by atoms with van der Waals surface area (Å²) in [6.45, 7) is 2.37. The average Bonchev–Trinajstić information content (AvgIpc) is 2.46. The highest BCUT2D eigenvalue weighted by Gasteiger charge is 2.12. The van der Waals surface area contributed by atoms with E-state index in [0.29, 0.717) is 13.0 Å². The zero-order valence-corrected chi connectivity index (χ0v) is 11.3. The first-order chi connectivity index (χ1) is 9.20. The predicted molar refractivity (Wildman–Crippen MR) is 80.0 cm³/mol. The smallest absolute Gasteiger partial charge is 0.0518 e. The third kappa shape index (κ3) is 3.66. The summed E-state index contributed by atoms with van der Waals surface area (Å²) in [6.07, 6.45) is 0.392. The summed E-state index contributed by atoms with van der Waals surface area (Å²) in [5, 5.41) is 9.49. The van der Waals surface area contributed by atoms with E-state index in [9.17, 15) is 5.11 Å². The van der Waals surface area contributed by atoms with Crippen molar-refractivity contribution in [1.82, 2.24) is 0 Å². The molecule has 19 heavy (non-hydrogen) atoms. The van der Waals surface area contributed by atoms with Crippen molar-refractivity contribution in [3.63, 3.8) is 0 Å². The number of rotatable bonds is 5. The SMILES string of the molecule is CC(O)CC(CN)c1ccc(-c2ccccc2)cc1. The van der Waals surface area contributed by atoms with Crippen LogP contribution in [0.2, 0.25) is 0 Å². The minimum absolute atomic E-state index is 0.227. The molecule has 2 nitrogen and oxygen atoms in total. The Hall–Kier alpha value is -1.64. The van der Waals surface area contributed by atoms with Crippen molar-refractivity contribution >= 4 is 0 Å². The van der Waals surface area contributed by atoms with E-state index in [1.807, 2.05) is 18.2 Å². The maximum Gasteiger partial charge on any atom is 0.0518 e. The first kappa shape index (κ1) is 13.8. The van der Waals surface area contributed by atoms with Crippen LogP contribution in [0.1, 0.15) is 24.8 Å². The summed E-state index contributed by atoms with van der Waals surface area (Å²) in [4.78, 5) is 0. The fourth-order valence-electron chi connectivity index (χ4n) is 2.36. The van der Waals surface area contributed by atoms with Gasteiger partial charge in [0.1, 0.15) is 0 Å². The summed E-state index contributed by atoms with van der Waals surface area (Å²) >= 11 is 0. The van der Waals surface area contributed by atoms with Crippen LogP contribution in [0.4, 0.5) is 0 Å². The van der Waals surface area contributed by atoms with E-state index in [1.165, 1.54) is 16.7 Å². The minimum Gasteiger partial charge on any atom is -0.393 e. The Morgan fingerprint density at radius 2 is 1.53 bits per heavy atom. The molecule has 2 unspecified atom stereocenters. The Morgan fingerprint density at radius 3 is 2.05 bits per heavy atom. The van der Waals surface area contributed by atoms with Gasteiger partial charge >= 0.3 is 0 Å². The summed E-state index contributed by atoms with van der Waals surface area (Å²) in [5.41, 5.74) is 9.41. The molecule has 0 aliphatic rings. The van der Waals surface area contributed by atoms with Gasteiger partial charge in [-0.2, -0.15) is 0 Å². The second-order valence-corrected chi connectivity index (χ2v) is 5.01. The van der Waals surface area contributed by atoms with Crippen LogP contribution in [0.25, 0.3) is 11.1 Å². The number of aliphatic hydroxyl groups excluding tert-OH is 1. The van der Waals surface area contributed by atoms with E-state index in [-0.39, 0.29) is 12.0 Å². The summed E-state index contributed by atoms with van der Waals surface area (Å²) < 4.78 is 0. The van der Waals surface area contributed by atoms with Gasteiger partial charge in [-0.15, -0.1) is 0 Å². The van der Waals surface area contributed by atoms with Gasteiger partial charge in [0.2, 0.25) is 0 Å². The number of aliphatic hydroxyl groups is 1. The van der Waals surface area contributed by atoms with Gasteiger partial charge in [-0.1, -0.05) is 54.6 Å². The van der Waals surface area contributed by atoms with Crippen molar-refractivity contribution in [2.24, 2.45) is 5.73 Å². The maximum absolute atomic E-state index is 9.49. The van der Waals surface area contributed by atoms with Crippen molar-refractivity contribution in [2.75, 3.05) is 6.54 Å². The van der Waals surface area contributed by atoms with Crippen molar-refractivity contribution < 1.29 is 5.11 Å². The van der Waals surface area contributed by atoms with Crippen molar-refractivity contribution in [3.8, 4) is 11.1 Å². The molecule has 0 aliphatic carbocycles. The van der Waals surface area contributed by atoms with E-state index in [4.69, 9.17) is 5.73 Å². The van der Waals surface area contributed by atoms with E-state index in [0.717, 1.165) is 0 Å². The topological polar surface area (TPSA) is 46.2 Å². The number of hydrogen-bond donors (Lipinski definition) is 2. The van der Waals surface area contributed by atoms with Crippen LogP contribution < -0.4 is 5.73 Å². The molecule has 3 N–H and O–H groups in total. The molecule has 2 aromatic carbocycles. The van der Waals surface area contributed by atoms with Crippen molar-refractivity contribution in [1.29, 1.82) is 0 Å². The van der Waals surface area contributed by atoms with E-state index >= 15 is 0 Å². The highest BCUT2D eigenvalue weighted by atomic mass is 16.3. The van der Waals surface area contributed by atoms with Gasteiger partial charge < -0.3 is 10.8 Å². The lowest BCUT2D eigenvalue weighted by Gasteiger charge is -2.17. The molecule has 0 amide bonds. The van der Waals surface area contributed by atoms with Crippen molar-refractivity contribution in [3.05, 3.63) is 60.2 Å². The van der Waals surface area contributed by atoms with Crippen molar-refractivity contribution in [2.45, 2.75) is 25.4 Å². The Morgan fingerprint density at radius 1 is 0.947 bits per heavy atom. The fraction of sp³-hybridized carbons (Fsp3) is 0.294. The third-order valence-corrected chi connectivity index (χ3v) is 3.40. The molecule has 100 valence electrons. The van der Waals surface area contributed by atoms with Crippen LogP contribution in [-0.2, 0) is 0 Å². The molecule has 0 saturated carbocycles. The monoisotopic (exact) mass is 255 g/mol. The standard InChI is InChI=1S/C17H21NO/c1-13(19)11-17(12-18)16-9-7-15(8-10-16)14-5-3-2-4-6-14/h2-10,13,17,19H,11-12,18H2,1H3. The number of benzene rings is 2. The van der Waals surface area contributed by atoms with E-state index in [2.05, 4.69) is 36.4 Å². The molecule has 0 bridgehead atoms. The summed E-state index contributed by atoms with van der Waals surface area (Å²) in [5.74, 6) is 0.227. The summed E-state index contributed by atoms with van der Waals surface area (Å²) in [6, 6.07) is 18.8. The van der Waals surface area contributed by atoms with Crippen LogP contribution in [-0.4, -0.2) is 17.8 Å². The maximum atomic E-state index is 9.49. The first-order valence-corrected chi connectivity index (χ1v) is 6.74. The van der Waals surface area contributed by atoms with Gasteiger partial charge in [0.15, 0.2) is 0 Å². The van der Waals surface area contributed by atoms with Crippen LogP contribution in [0, 0.1) is 0 Å². The van der Waals surface area contributed by atoms with Gasteiger partial charge in [0.05, 0.1) is 6.10 Å². The van der Waals surface area contributed by atoms with Crippen LogP contribution >= 0.6 is 0 Å². The Balaban J connectivity index is 2.18. The van der Waals surface area contributed by atoms with Gasteiger partial charge in [-0.05, 0) is 42.5 Å². The second kappa shape index (κ2) is 6.50. The highest BCUT2D eigenvalue weighted by Crippen LogP contribution is 2.24. The zero-order valence-electron chi connectivity index (χ0n) is 11.3. The van der Waals surface area contributed by atoms with Crippen LogP contribution in [0.15, 0.2) is 54.6 Å². The minimum atomic E-state index is -0.317. The Kier molecular flexibility index (Phi) is 4.72. The average molecular weight is 255 g/mol. The van der Waals surface area contributed by atoms with E-state index in [1.54, 1.807) is 6.92 Å². The molecule has 0 aliphatic heterocycles. The Labute approximate surface area is 114 Å². The molecule has 0 heterocycles. The summed E-state index contributed by atoms with van der Waals surface area (Å²) in [7, 11) is 0. The Bertz CT molecular complexity index is 490. The molecule has 2 rings (SSSR count). The molecule has 2 atom stereocenters. The predicted octanol–water partition coefficient (Wildman–Crippen LogP) is 3.17. The van der Waals surface area contributed by atoms with Gasteiger partial charge in [0, 0.05) is 0 Å². The molecular formula is C17H21NO. The van der Waals surface area contributed by atoms with Gasteiger partial charge in [0.25, 0.3) is 0 Å².